The van der Waals surface area contributed by atoms with Crippen LogP contribution in [0.2, 0.25) is 0 Å². The molecular weight excluding hydrogens is 380 g/mol. The molecule has 0 heterocycles. The van der Waals surface area contributed by atoms with Crippen molar-refractivity contribution in [2.75, 3.05) is 32.6 Å². The number of methoxy groups -OCH3 is 2. The van der Waals surface area contributed by atoms with Gasteiger partial charge < -0.3 is 14.8 Å². The van der Waals surface area contributed by atoms with Gasteiger partial charge in [0.2, 0.25) is 15.9 Å². The molecule has 0 aromatic heterocycles. The zero-order valence-electron chi connectivity index (χ0n) is 16.8. The van der Waals surface area contributed by atoms with Gasteiger partial charge in [0.25, 0.3) is 0 Å². The summed E-state index contributed by atoms with van der Waals surface area (Å²) in [7, 11) is -0.991. The first-order valence-corrected chi connectivity index (χ1v) is 10.3. The highest BCUT2D eigenvalue weighted by molar-refractivity contribution is 7.89. The largest absolute Gasteiger partial charge is 0.495 e. The van der Waals surface area contributed by atoms with E-state index in [1.165, 1.54) is 20.3 Å². The van der Waals surface area contributed by atoms with Gasteiger partial charge in [-0.3, -0.25) is 4.79 Å². The third-order valence-corrected chi connectivity index (χ3v) is 6.18. The molecule has 0 saturated carbocycles. The maximum absolute atomic E-state index is 13.1. The number of hydrogen-bond acceptors (Lipinski definition) is 5. The van der Waals surface area contributed by atoms with Crippen molar-refractivity contribution in [2.45, 2.75) is 25.7 Å². The second-order valence-electron chi connectivity index (χ2n) is 6.34. The van der Waals surface area contributed by atoms with Crippen molar-refractivity contribution in [1.29, 1.82) is 0 Å². The number of carbonyl (C=O) groups is 1. The molecule has 2 rings (SSSR count). The monoisotopic (exact) mass is 406 g/mol. The predicted molar refractivity (Wildman–Crippen MR) is 109 cm³/mol. The van der Waals surface area contributed by atoms with Gasteiger partial charge in [-0.15, -0.1) is 0 Å². The molecule has 0 atom stereocenters. The summed E-state index contributed by atoms with van der Waals surface area (Å²) < 4.78 is 37.8. The van der Waals surface area contributed by atoms with E-state index in [4.69, 9.17) is 9.47 Å². The highest BCUT2D eigenvalue weighted by atomic mass is 32.2. The molecule has 28 heavy (non-hydrogen) atoms. The number of rotatable bonds is 8. The van der Waals surface area contributed by atoms with Gasteiger partial charge in [-0.25, -0.2) is 8.42 Å². The highest BCUT2D eigenvalue weighted by Gasteiger charge is 2.28. The quantitative estimate of drug-likeness (QED) is 0.729. The van der Waals surface area contributed by atoms with Crippen molar-refractivity contribution in [1.82, 2.24) is 4.31 Å². The van der Waals surface area contributed by atoms with E-state index in [1.54, 1.807) is 38.1 Å². The third-order valence-electron chi connectivity index (χ3n) is 4.24. The Morgan fingerprint density at radius 1 is 1.00 bits per heavy atom. The number of nitrogens with zero attached hydrogens (tertiary/aromatic N) is 1. The van der Waals surface area contributed by atoms with Crippen molar-refractivity contribution in [2.24, 2.45) is 0 Å². The Labute approximate surface area is 166 Å². The lowest BCUT2D eigenvalue weighted by Crippen LogP contribution is -2.38. The van der Waals surface area contributed by atoms with E-state index in [-0.39, 0.29) is 23.7 Å². The minimum atomic E-state index is -3.91. The minimum Gasteiger partial charge on any atom is -0.495 e. The number of hydrogen-bond donors (Lipinski definition) is 1. The lowest BCUT2D eigenvalue weighted by molar-refractivity contribution is -0.116. The lowest BCUT2D eigenvalue weighted by Gasteiger charge is -2.22. The van der Waals surface area contributed by atoms with Crippen LogP contribution in [0.15, 0.2) is 41.3 Å². The Bertz CT molecular complexity index is 957. The smallest absolute Gasteiger partial charge is 0.247 e. The molecule has 152 valence electrons. The van der Waals surface area contributed by atoms with Crippen LogP contribution >= 0.6 is 0 Å². The number of nitrogens with one attached hydrogen (secondary N) is 1. The van der Waals surface area contributed by atoms with Crippen molar-refractivity contribution < 1.29 is 22.7 Å². The average molecular weight is 407 g/mol. The van der Waals surface area contributed by atoms with E-state index in [1.807, 2.05) is 13.0 Å². The predicted octanol–water partition coefficient (Wildman–Crippen LogP) is 2.97. The maximum Gasteiger partial charge on any atom is 0.247 e. The van der Waals surface area contributed by atoms with Crippen molar-refractivity contribution in [3.05, 3.63) is 47.5 Å². The van der Waals surface area contributed by atoms with Crippen LogP contribution in [-0.2, 0) is 14.8 Å². The molecule has 1 amide bonds. The molecule has 0 saturated heterocycles. The van der Waals surface area contributed by atoms with Gasteiger partial charge >= 0.3 is 0 Å². The molecule has 2 aromatic carbocycles. The van der Waals surface area contributed by atoms with E-state index < -0.39 is 15.9 Å². The molecule has 7 nitrogen and oxygen atoms in total. The van der Waals surface area contributed by atoms with Crippen LogP contribution in [0.3, 0.4) is 0 Å². The summed E-state index contributed by atoms with van der Waals surface area (Å²) in [5.41, 5.74) is 2.22. The fourth-order valence-corrected chi connectivity index (χ4v) is 4.41. The first-order valence-electron chi connectivity index (χ1n) is 8.82. The molecule has 2 aromatic rings. The van der Waals surface area contributed by atoms with Gasteiger partial charge in [0.1, 0.15) is 16.4 Å². The minimum absolute atomic E-state index is 0.0396. The second kappa shape index (κ2) is 9.07. The number of carbonyl (C=O) groups excluding carboxylic acids is 1. The zero-order valence-corrected chi connectivity index (χ0v) is 17.6. The van der Waals surface area contributed by atoms with Crippen LogP contribution in [0.4, 0.5) is 5.69 Å². The van der Waals surface area contributed by atoms with Crippen LogP contribution in [0.25, 0.3) is 0 Å². The summed E-state index contributed by atoms with van der Waals surface area (Å²) in [6, 6.07) is 10.3. The maximum atomic E-state index is 13.1. The number of likely N-dealkylation sites (N-methyl/N-ethyl adjacent to an activating group) is 1. The van der Waals surface area contributed by atoms with Crippen LogP contribution < -0.4 is 14.8 Å². The molecule has 0 bridgehead atoms. The molecule has 0 spiro atoms. The second-order valence-corrected chi connectivity index (χ2v) is 8.24. The number of amides is 1. The number of aryl methyl sites for hydroxylation is 2. The Hall–Kier alpha value is -2.58. The van der Waals surface area contributed by atoms with E-state index in [2.05, 4.69) is 5.32 Å². The summed E-state index contributed by atoms with van der Waals surface area (Å²) in [5.74, 6) is 0.288. The van der Waals surface area contributed by atoms with Gasteiger partial charge in [-0.2, -0.15) is 4.31 Å². The van der Waals surface area contributed by atoms with Crippen molar-refractivity contribution in [3.8, 4) is 11.5 Å². The molecule has 0 radical (unpaired) electrons. The molecule has 0 aliphatic rings. The van der Waals surface area contributed by atoms with Crippen molar-refractivity contribution >= 4 is 21.6 Å². The number of sulfonamides is 1. The molecule has 0 aliphatic heterocycles. The Kier molecular flexibility index (Phi) is 7.04. The summed E-state index contributed by atoms with van der Waals surface area (Å²) in [5, 5.41) is 2.73. The zero-order chi connectivity index (χ0) is 20.9. The summed E-state index contributed by atoms with van der Waals surface area (Å²) in [6.07, 6.45) is 0. The van der Waals surface area contributed by atoms with E-state index in [0.717, 1.165) is 15.4 Å². The SMILES string of the molecule is CCN(CC(=O)Nc1cc(C)ccc1OC)S(=O)(=O)c1cc(C)ccc1OC. The standard InChI is InChI=1S/C20H26N2O5S/c1-6-22(28(24,25)19-12-15(3)8-10-18(19)27-5)13-20(23)21-16-11-14(2)7-9-17(16)26-4/h7-12H,6,13H2,1-5H3,(H,21,23). The van der Waals surface area contributed by atoms with Crippen LogP contribution in [0, 0.1) is 13.8 Å². The van der Waals surface area contributed by atoms with Gasteiger partial charge in [0.05, 0.1) is 26.5 Å². The number of ether oxygens (including phenoxy) is 2. The van der Waals surface area contributed by atoms with Gasteiger partial charge in [-0.05, 0) is 49.2 Å². The van der Waals surface area contributed by atoms with E-state index >= 15 is 0 Å². The summed E-state index contributed by atoms with van der Waals surface area (Å²) in [4.78, 5) is 12.6. The molecule has 0 fully saturated rings. The molecule has 0 unspecified atom stereocenters. The van der Waals surface area contributed by atoms with E-state index in [9.17, 15) is 13.2 Å². The fourth-order valence-electron chi connectivity index (χ4n) is 2.76. The first-order chi connectivity index (χ1) is 13.2. The average Bonchev–Trinajstić information content (AvgIpc) is 2.66. The molecule has 1 N–H and O–H groups in total. The molecule has 0 aliphatic carbocycles. The van der Waals surface area contributed by atoms with Crippen molar-refractivity contribution in [3.63, 3.8) is 0 Å². The Morgan fingerprint density at radius 3 is 2.14 bits per heavy atom. The van der Waals surface area contributed by atoms with Gasteiger partial charge in [0, 0.05) is 6.54 Å². The van der Waals surface area contributed by atoms with Crippen LogP contribution in [0.5, 0.6) is 11.5 Å². The normalized spacial score (nSPS) is 11.4. The highest BCUT2D eigenvalue weighted by Crippen LogP contribution is 2.28. The summed E-state index contributed by atoms with van der Waals surface area (Å²) in [6.45, 7) is 5.18. The number of anilines is 1. The number of benzene rings is 2. The van der Waals surface area contributed by atoms with Crippen LogP contribution in [-0.4, -0.2) is 45.9 Å². The first kappa shape index (κ1) is 21.7. The lowest BCUT2D eigenvalue weighted by atomic mass is 10.2. The van der Waals surface area contributed by atoms with Gasteiger partial charge in [-0.1, -0.05) is 19.1 Å². The summed E-state index contributed by atoms with van der Waals surface area (Å²) >= 11 is 0. The molecular formula is C20H26N2O5S. The Morgan fingerprint density at radius 2 is 1.57 bits per heavy atom. The third kappa shape index (κ3) is 4.82. The topological polar surface area (TPSA) is 84.9 Å². The van der Waals surface area contributed by atoms with Crippen LogP contribution in [0.1, 0.15) is 18.1 Å². The van der Waals surface area contributed by atoms with E-state index in [0.29, 0.717) is 11.4 Å². The van der Waals surface area contributed by atoms with Gasteiger partial charge in [0.15, 0.2) is 0 Å². The molecule has 8 heteroatoms. The Balaban J connectivity index is 2.27. The fraction of sp³-hybridized carbons (Fsp3) is 0.350.